The van der Waals surface area contributed by atoms with Gasteiger partial charge in [-0.25, -0.2) is 4.79 Å². The molecule has 0 bridgehead atoms. The summed E-state index contributed by atoms with van der Waals surface area (Å²) in [5.74, 6) is -0.702. The third-order valence-corrected chi connectivity index (χ3v) is 9.52. The number of aliphatic hydroxyl groups is 3. The summed E-state index contributed by atoms with van der Waals surface area (Å²) in [4.78, 5) is 12.9. The first kappa shape index (κ1) is 32.3. The van der Waals surface area contributed by atoms with Gasteiger partial charge in [0, 0.05) is 17.9 Å². The van der Waals surface area contributed by atoms with Crippen molar-refractivity contribution in [3.05, 3.63) is 70.8 Å². The van der Waals surface area contributed by atoms with Crippen molar-refractivity contribution in [2.24, 2.45) is 17.3 Å². The van der Waals surface area contributed by atoms with Gasteiger partial charge in [-0.3, -0.25) is 0 Å². The molecule has 3 aliphatic rings. The highest BCUT2D eigenvalue weighted by molar-refractivity contribution is 5.89. The summed E-state index contributed by atoms with van der Waals surface area (Å²) in [6, 6.07) is 2.43. The van der Waals surface area contributed by atoms with E-state index in [1.54, 1.807) is 6.92 Å². The Hall–Kier alpha value is -2.63. The van der Waals surface area contributed by atoms with E-state index in [9.17, 15) is 46.5 Å². The molecule has 1 aromatic rings. The molecule has 5 nitrogen and oxygen atoms in total. The monoisotopic (exact) mass is 602 g/mol. The Balaban J connectivity index is 1.48. The van der Waals surface area contributed by atoms with E-state index < -0.39 is 47.8 Å². The topological polar surface area (TPSA) is 87.0 Å². The number of carbonyl (C=O) groups is 1. The number of aliphatic hydroxyl groups excluding tert-OH is 2. The van der Waals surface area contributed by atoms with Crippen LogP contribution in [0.3, 0.4) is 0 Å². The van der Waals surface area contributed by atoms with Gasteiger partial charge in [-0.15, -0.1) is 0 Å². The molecule has 3 N–H and O–H groups in total. The SMILES string of the molecule is C=C1/C(=C\C=C2/CCC[C@]3(C)[C@@H]([C@H](C)OC(=O)c4ccc(C(O)(C(F)(F)F)C(F)(F)F)cc4)CC[C@@H]23)C[C@@H](O)C[C@@H]1O. The molecule has 0 saturated heterocycles. The summed E-state index contributed by atoms with van der Waals surface area (Å²) < 4.78 is 84.8. The van der Waals surface area contributed by atoms with Crippen LogP contribution in [-0.4, -0.2) is 52.0 Å². The second kappa shape index (κ2) is 11.5. The summed E-state index contributed by atoms with van der Waals surface area (Å²) in [5.41, 5.74) is -4.31. The van der Waals surface area contributed by atoms with Gasteiger partial charge in [-0.05, 0) is 80.1 Å². The number of carbonyl (C=O) groups excluding carboxylic acids is 1. The molecule has 0 aromatic heterocycles. The van der Waals surface area contributed by atoms with Crippen LogP contribution in [0.25, 0.3) is 0 Å². The Bertz CT molecular complexity index is 1230. The summed E-state index contributed by atoms with van der Waals surface area (Å²) in [5, 5.41) is 29.8. The molecule has 0 amide bonds. The molecule has 1 aromatic carbocycles. The third-order valence-electron chi connectivity index (χ3n) is 9.52. The second-order valence-corrected chi connectivity index (χ2v) is 12.1. The molecule has 0 heterocycles. The number of halogens is 6. The lowest BCUT2D eigenvalue weighted by atomic mass is 9.62. The van der Waals surface area contributed by atoms with Gasteiger partial charge in [-0.1, -0.05) is 43.4 Å². The van der Waals surface area contributed by atoms with Crippen LogP contribution in [-0.2, 0) is 10.3 Å². The van der Waals surface area contributed by atoms with E-state index in [2.05, 4.69) is 19.6 Å². The lowest BCUT2D eigenvalue weighted by Gasteiger charge is -2.44. The van der Waals surface area contributed by atoms with Gasteiger partial charge in [0.05, 0.1) is 17.8 Å². The van der Waals surface area contributed by atoms with E-state index in [1.807, 2.05) is 6.08 Å². The predicted molar refractivity (Wildman–Crippen MR) is 142 cm³/mol. The van der Waals surface area contributed by atoms with Crippen molar-refractivity contribution < 1.29 is 51.2 Å². The zero-order valence-corrected chi connectivity index (χ0v) is 23.4. The molecule has 0 unspecified atom stereocenters. The highest BCUT2D eigenvalue weighted by Gasteiger charge is 2.71. The highest BCUT2D eigenvalue weighted by Crippen LogP contribution is 2.59. The Kier molecular flexibility index (Phi) is 8.81. The number of ether oxygens (including phenoxy) is 1. The van der Waals surface area contributed by atoms with Crippen molar-refractivity contribution in [2.75, 3.05) is 0 Å². The molecule has 3 aliphatic carbocycles. The molecule has 0 spiro atoms. The Morgan fingerprint density at radius 3 is 2.29 bits per heavy atom. The summed E-state index contributed by atoms with van der Waals surface area (Å²) in [6.45, 7) is 7.85. The van der Waals surface area contributed by atoms with Crippen molar-refractivity contribution >= 4 is 5.97 Å². The number of fused-ring (bicyclic) bond motifs is 1. The maximum Gasteiger partial charge on any atom is 0.430 e. The maximum absolute atomic E-state index is 13.2. The normalized spacial score (nSPS) is 31.7. The first-order valence-corrected chi connectivity index (χ1v) is 14.0. The van der Waals surface area contributed by atoms with Crippen LogP contribution in [0.15, 0.2) is 59.7 Å². The number of esters is 1. The van der Waals surface area contributed by atoms with Crippen LogP contribution in [0.4, 0.5) is 26.3 Å². The van der Waals surface area contributed by atoms with Crippen LogP contribution in [0.5, 0.6) is 0 Å². The molecule has 42 heavy (non-hydrogen) atoms. The lowest BCUT2D eigenvalue weighted by molar-refractivity contribution is -0.376. The van der Waals surface area contributed by atoms with Crippen molar-refractivity contribution in [1.29, 1.82) is 0 Å². The van der Waals surface area contributed by atoms with Crippen LogP contribution in [0.1, 0.15) is 74.7 Å². The molecule has 11 heteroatoms. The fraction of sp³-hybridized carbons (Fsp3) is 0.581. The first-order valence-electron chi connectivity index (χ1n) is 14.0. The minimum atomic E-state index is -6.02. The number of benzene rings is 1. The molecule has 4 rings (SSSR count). The van der Waals surface area contributed by atoms with Crippen LogP contribution < -0.4 is 0 Å². The minimum Gasteiger partial charge on any atom is -0.459 e. The average Bonchev–Trinajstić information content (AvgIpc) is 3.25. The van der Waals surface area contributed by atoms with Crippen LogP contribution >= 0.6 is 0 Å². The molecule has 232 valence electrons. The Morgan fingerprint density at radius 1 is 1.07 bits per heavy atom. The van der Waals surface area contributed by atoms with Gasteiger partial charge in [0.25, 0.3) is 5.60 Å². The van der Waals surface area contributed by atoms with E-state index in [-0.39, 0.29) is 29.2 Å². The molecule has 3 saturated carbocycles. The Labute approximate surface area is 240 Å². The van der Waals surface area contributed by atoms with E-state index in [4.69, 9.17) is 4.74 Å². The first-order chi connectivity index (χ1) is 19.4. The van der Waals surface area contributed by atoms with Gasteiger partial charge >= 0.3 is 18.3 Å². The van der Waals surface area contributed by atoms with Crippen molar-refractivity contribution in [3.63, 3.8) is 0 Å². The average molecular weight is 603 g/mol. The predicted octanol–water partition coefficient (Wildman–Crippen LogP) is 6.69. The van der Waals surface area contributed by atoms with Crippen molar-refractivity contribution in [3.8, 4) is 0 Å². The smallest absolute Gasteiger partial charge is 0.430 e. The van der Waals surface area contributed by atoms with Gasteiger partial charge in [0.1, 0.15) is 6.10 Å². The lowest BCUT2D eigenvalue weighted by Crippen LogP contribution is -2.53. The van der Waals surface area contributed by atoms with Gasteiger partial charge in [0.2, 0.25) is 0 Å². The second-order valence-electron chi connectivity index (χ2n) is 12.1. The summed E-state index contributed by atoms with van der Waals surface area (Å²) >= 11 is 0. The molecule has 3 fully saturated rings. The van der Waals surface area contributed by atoms with Crippen molar-refractivity contribution in [2.45, 2.75) is 95.1 Å². The van der Waals surface area contributed by atoms with Crippen LogP contribution in [0.2, 0.25) is 0 Å². The summed E-state index contributed by atoms with van der Waals surface area (Å²) in [6.07, 6.45) is -5.06. The van der Waals surface area contributed by atoms with E-state index in [0.717, 1.165) is 49.8 Å². The van der Waals surface area contributed by atoms with E-state index in [0.29, 0.717) is 24.1 Å². The minimum absolute atomic E-state index is 0.0316. The third kappa shape index (κ3) is 5.79. The molecular formula is C31H36F6O5. The van der Waals surface area contributed by atoms with Gasteiger partial charge in [0.15, 0.2) is 0 Å². The molecular weight excluding hydrogens is 566 g/mol. The molecule has 0 radical (unpaired) electrons. The standard InChI is InChI=1S/C31H36F6O5/c1-17-21(15-23(38)16-26(17)39)7-6-19-5-4-14-28(3)24(12-13-25(19)28)18(2)42-27(40)20-8-10-22(11-9-20)29(41,30(32,33)34)31(35,36)37/h6-11,18,23-26,38-39,41H,1,4-5,12-16H2,2-3H3/b19-6+,21-7-/t18-,23+,24+,25-,26-,28+/m0/s1. The van der Waals surface area contributed by atoms with E-state index >= 15 is 0 Å². The quantitative estimate of drug-likeness (QED) is 0.259. The number of hydrogen-bond acceptors (Lipinski definition) is 5. The summed E-state index contributed by atoms with van der Waals surface area (Å²) in [7, 11) is 0. The number of hydrogen-bond donors (Lipinski definition) is 3. The fourth-order valence-corrected chi connectivity index (χ4v) is 7.17. The zero-order valence-electron chi connectivity index (χ0n) is 23.4. The molecule has 6 atom stereocenters. The number of alkyl halides is 6. The number of allylic oxidation sites excluding steroid dienone is 3. The largest absolute Gasteiger partial charge is 0.459 e. The van der Waals surface area contributed by atoms with E-state index in [1.165, 1.54) is 5.57 Å². The van der Waals surface area contributed by atoms with Gasteiger partial charge < -0.3 is 20.1 Å². The maximum atomic E-state index is 13.2. The zero-order chi connectivity index (χ0) is 31.3. The van der Waals surface area contributed by atoms with Crippen LogP contribution in [0, 0.1) is 17.3 Å². The van der Waals surface area contributed by atoms with Gasteiger partial charge in [-0.2, -0.15) is 26.3 Å². The fourth-order valence-electron chi connectivity index (χ4n) is 7.17. The molecule has 0 aliphatic heterocycles. The Morgan fingerprint density at radius 2 is 1.69 bits per heavy atom. The highest BCUT2D eigenvalue weighted by atomic mass is 19.4. The van der Waals surface area contributed by atoms with Crippen molar-refractivity contribution in [1.82, 2.24) is 0 Å². The number of rotatable bonds is 5.